The van der Waals surface area contributed by atoms with Crippen molar-refractivity contribution in [3.8, 4) is 6.07 Å². The van der Waals surface area contributed by atoms with Crippen LogP contribution in [-0.2, 0) is 0 Å². The molecule has 0 aliphatic carbocycles. The lowest BCUT2D eigenvalue weighted by molar-refractivity contribution is 0.303. The summed E-state index contributed by atoms with van der Waals surface area (Å²) in [7, 11) is 3.83. The smallest absolute Gasteiger partial charge is 0.408 e. The largest absolute Gasteiger partial charge is 0.417 e. The van der Waals surface area contributed by atoms with Gasteiger partial charge < -0.3 is 9.32 Å². The molecule has 1 heterocycles. The number of nitriles is 1. The molecule has 0 radical (unpaired) electrons. The van der Waals surface area contributed by atoms with Crippen LogP contribution in [0.1, 0.15) is 18.0 Å². The number of aromatic nitrogens is 1. The third kappa shape index (κ3) is 2.22. The van der Waals surface area contributed by atoms with Crippen molar-refractivity contribution in [1.82, 2.24) is 9.88 Å². The molecule has 0 amide bonds. The van der Waals surface area contributed by atoms with Crippen LogP contribution in [0.15, 0.2) is 27.4 Å². The van der Waals surface area contributed by atoms with Gasteiger partial charge in [0, 0.05) is 6.04 Å². The van der Waals surface area contributed by atoms with Crippen molar-refractivity contribution in [3.05, 3.63) is 34.3 Å². The van der Waals surface area contributed by atoms with Gasteiger partial charge in [-0.3, -0.25) is 4.98 Å². The minimum atomic E-state index is -0.459. The van der Waals surface area contributed by atoms with Gasteiger partial charge in [0.15, 0.2) is 5.58 Å². The first kappa shape index (κ1) is 11.4. The molecule has 0 saturated heterocycles. The molecule has 0 saturated carbocycles. The molecule has 0 aliphatic heterocycles. The fourth-order valence-corrected chi connectivity index (χ4v) is 1.85. The Labute approximate surface area is 98.3 Å². The van der Waals surface area contributed by atoms with Crippen molar-refractivity contribution >= 4 is 11.1 Å². The summed E-state index contributed by atoms with van der Waals surface area (Å²) < 4.78 is 5.00. The summed E-state index contributed by atoms with van der Waals surface area (Å²) in [4.78, 5) is 15.6. The predicted octanol–water partition coefficient (Wildman–Crippen LogP) is 1.64. The maximum Gasteiger partial charge on any atom is 0.417 e. The number of hydrogen-bond acceptors (Lipinski definition) is 4. The van der Waals surface area contributed by atoms with Gasteiger partial charge in [-0.25, -0.2) is 4.79 Å². The minimum Gasteiger partial charge on any atom is -0.408 e. The zero-order valence-electron chi connectivity index (χ0n) is 9.73. The molecule has 0 spiro atoms. The highest BCUT2D eigenvalue weighted by Crippen LogP contribution is 2.24. The van der Waals surface area contributed by atoms with Gasteiger partial charge in [-0.05, 0) is 31.8 Å². The Morgan fingerprint density at radius 2 is 2.29 bits per heavy atom. The van der Waals surface area contributed by atoms with Crippen molar-refractivity contribution in [3.63, 3.8) is 0 Å². The summed E-state index contributed by atoms with van der Waals surface area (Å²) in [5.41, 5.74) is 2.16. The van der Waals surface area contributed by atoms with E-state index in [9.17, 15) is 4.79 Å². The van der Waals surface area contributed by atoms with Crippen LogP contribution in [0.5, 0.6) is 0 Å². The number of H-pyrrole nitrogens is 1. The highest BCUT2D eigenvalue weighted by atomic mass is 16.4. The lowest BCUT2D eigenvalue weighted by atomic mass is 10.0. The molecule has 0 fully saturated rings. The van der Waals surface area contributed by atoms with E-state index in [2.05, 4.69) is 11.1 Å². The summed E-state index contributed by atoms with van der Waals surface area (Å²) in [6.07, 6.45) is 0.396. The molecule has 0 aliphatic rings. The van der Waals surface area contributed by atoms with E-state index >= 15 is 0 Å². The number of fused-ring (bicyclic) bond motifs is 1. The molecule has 2 aromatic rings. The average Bonchev–Trinajstić information content (AvgIpc) is 2.64. The second kappa shape index (κ2) is 4.44. The Hall–Kier alpha value is -2.06. The van der Waals surface area contributed by atoms with Crippen LogP contribution in [0, 0.1) is 11.3 Å². The van der Waals surface area contributed by atoms with E-state index in [1.807, 2.05) is 25.1 Å². The van der Waals surface area contributed by atoms with E-state index in [0.29, 0.717) is 17.5 Å². The third-order valence-electron chi connectivity index (χ3n) is 2.74. The van der Waals surface area contributed by atoms with Crippen LogP contribution in [0.25, 0.3) is 11.1 Å². The predicted molar refractivity (Wildman–Crippen MR) is 63.5 cm³/mol. The molecular formula is C12H13N3O2. The van der Waals surface area contributed by atoms with Crippen LogP contribution in [0.3, 0.4) is 0 Å². The third-order valence-corrected chi connectivity index (χ3v) is 2.74. The van der Waals surface area contributed by atoms with E-state index in [1.165, 1.54) is 0 Å². The van der Waals surface area contributed by atoms with Crippen LogP contribution in [0.2, 0.25) is 0 Å². The number of rotatable bonds is 3. The highest BCUT2D eigenvalue weighted by molar-refractivity contribution is 5.72. The molecule has 0 bridgehead atoms. The van der Waals surface area contributed by atoms with E-state index < -0.39 is 5.76 Å². The molecule has 1 unspecified atom stereocenters. The molecular weight excluding hydrogens is 218 g/mol. The Balaban J connectivity index is 2.47. The van der Waals surface area contributed by atoms with E-state index in [-0.39, 0.29) is 6.04 Å². The molecule has 5 nitrogen and oxygen atoms in total. The van der Waals surface area contributed by atoms with Crippen LogP contribution >= 0.6 is 0 Å². The van der Waals surface area contributed by atoms with Crippen LogP contribution in [0.4, 0.5) is 0 Å². The second-order valence-corrected chi connectivity index (χ2v) is 4.11. The van der Waals surface area contributed by atoms with Crippen molar-refractivity contribution < 1.29 is 4.42 Å². The maximum absolute atomic E-state index is 11.0. The number of aromatic amines is 1. The number of nitrogens with one attached hydrogen (secondary N) is 1. The van der Waals surface area contributed by atoms with Crippen LogP contribution < -0.4 is 5.76 Å². The van der Waals surface area contributed by atoms with Crippen molar-refractivity contribution in [1.29, 1.82) is 5.26 Å². The molecule has 1 N–H and O–H groups in total. The summed E-state index contributed by atoms with van der Waals surface area (Å²) in [6, 6.07) is 7.66. The lowest BCUT2D eigenvalue weighted by Crippen LogP contribution is -2.19. The van der Waals surface area contributed by atoms with E-state index in [1.54, 1.807) is 12.1 Å². The minimum absolute atomic E-state index is 0.00426. The average molecular weight is 231 g/mol. The first-order chi connectivity index (χ1) is 8.11. The molecule has 1 aromatic heterocycles. The second-order valence-electron chi connectivity index (χ2n) is 4.11. The van der Waals surface area contributed by atoms with Crippen molar-refractivity contribution in [2.24, 2.45) is 0 Å². The number of hydrogen-bond donors (Lipinski definition) is 1. The van der Waals surface area contributed by atoms with Gasteiger partial charge in [0.2, 0.25) is 0 Å². The Morgan fingerprint density at radius 3 is 2.94 bits per heavy atom. The van der Waals surface area contributed by atoms with E-state index in [4.69, 9.17) is 9.68 Å². The molecule has 5 heteroatoms. The zero-order valence-corrected chi connectivity index (χ0v) is 9.73. The van der Waals surface area contributed by atoms with Crippen molar-refractivity contribution in [2.45, 2.75) is 12.5 Å². The highest BCUT2D eigenvalue weighted by Gasteiger charge is 2.15. The van der Waals surface area contributed by atoms with Gasteiger partial charge in [-0.2, -0.15) is 5.26 Å². The first-order valence-corrected chi connectivity index (χ1v) is 5.28. The number of nitrogens with zero attached hydrogens (tertiary/aromatic N) is 2. The topological polar surface area (TPSA) is 73.0 Å². The summed E-state index contributed by atoms with van der Waals surface area (Å²) in [5, 5.41) is 8.81. The quantitative estimate of drug-likeness (QED) is 0.871. The monoisotopic (exact) mass is 231 g/mol. The van der Waals surface area contributed by atoms with Crippen LogP contribution in [-0.4, -0.2) is 24.0 Å². The molecule has 2 rings (SSSR count). The standard InChI is InChI=1S/C12H13N3O2/c1-15(2)10(5-6-13)8-3-4-9-11(7-8)17-12(16)14-9/h3-4,7,10H,5H2,1-2H3,(H,14,16). The van der Waals surface area contributed by atoms with Gasteiger partial charge in [-0.15, -0.1) is 0 Å². The number of benzene rings is 1. The maximum atomic E-state index is 11.0. The van der Waals surface area contributed by atoms with E-state index in [0.717, 1.165) is 5.56 Å². The van der Waals surface area contributed by atoms with Gasteiger partial charge in [0.05, 0.1) is 18.0 Å². The van der Waals surface area contributed by atoms with Gasteiger partial charge in [-0.1, -0.05) is 6.07 Å². The van der Waals surface area contributed by atoms with Gasteiger partial charge in [0.1, 0.15) is 0 Å². The number of oxazole rings is 1. The fraction of sp³-hybridized carbons (Fsp3) is 0.333. The lowest BCUT2D eigenvalue weighted by Gasteiger charge is -2.21. The Morgan fingerprint density at radius 1 is 1.53 bits per heavy atom. The Bertz CT molecular complexity index is 618. The fourth-order valence-electron chi connectivity index (χ4n) is 1.85. The molecule has 88 valence electrons. The van der Waals surface area contributed by atoms with Gasteiger partial charge in [0.25, 0.3) is 0 Å². The molecule has 1 atom stereocenters. The summed E-state index contributed by atoms with van der Waals surface area (Å²) >= 11 is 0. The SMILES string of the molecule is CN(C)C(CC#N)c1ccc2[nH]c(=O)oc2c1. The molecule has 17 heavy (non-hydrogen) atoms. The zero-order chi connectivity index (χ0) is 12.4. The first-order valence-electron chi connectivity index (χ1n) is 5.28. The normalized spacial score (nSPS) is 12.8. The van der Waals surface area contributed by atoms with Crippen molar-refractivity contribution in [2.75, 3.05) is 14.1 Å². The summed E-state index contributed by atoms with van der Waals surface area (Å²) in [5.74, 6) is -0.459. The van der Waals surface area contributed by atoms with Gasteiger partial charge >= 0.3 is 5.76 Å². The molecule has 1 aromatic carbocycles. The summed E-state index contributed by atoms with van der Waals surface area (Å²) in [6.45, 7) is 0. The Kier molecular flexibility index (Phi) is 2.98.